The Labute approximate surface area is 105 Å². The standard InChI is InChI=1S/C10H7N5O2S/c1-17-9(16)7-13-10-12-3-2-6(15(10)14-7)8-11-4-5-18-8/h2-5H,1H3. The van der Waals surface area contributed by atoms with E-state index in [1.54, 1.807) is 18.5 Å². The molecule has 0 amide bonds. The van der Waals surface area contributed by atoms with Crippen molar-refractivity contribution in [1.29, 1.82) is 0 Å². The van der Waals surface area contributed by atoms with E-state index in [2.05, 4.69) is 24.8 Å². The average molecular weight is 261 g/mol. The Kier molecular flexibility index (Phi) is 2.49. The predicted octanol–water partition coefficient (Wildman–Crippen LogP) is 1.03. The van der Waals surface area contributed by atoms with Gasteiger partial charge in [-0.3, -0.25) is 0 Å². The van der Waals surface area contributed by atoms with E-state index in [1.165, 1.54) is 23.0 Å². The number of ether oxygens (including phenoxy) is 1. The molecule has 7 nitrogen and oxygen atoms in total. The lowest BCUT2D eigenvalue weighted by atomic mass is 10.4. The molecule has 0 unspecified atom stereocenters. The first-order chi connectivity index (χ1) is 8.79. The molecule has 3 aromatic rings. The van der Waals surface area contributed by atoms with Gasteiger partial charge in [-0.05, 0) is 6.07 Å². The zero-order valence-electron chi connectivity index (χ0n) is 9.27. The first-order valence-corrected chi connectivity index (χ1v) is 5.87. The number of hydrogen-bond donors (Lipinski definition) is 0. The molecule has 0 radical (unpaired) electrons. The first-order valence-electron chi connectivity index (χ1n) is 4.99. The second-order valence-electron chi connectivity index (χ2n) is 3.31. The smallest absolute Gasteiger partial charge is 0.378 e. The molecule has 0 saturated heterocycles. The van der Waals surface area contributed by atoms with Crippen molar-refractivity contribution in [2.75, 3.05) is 7.11 Å². The minimum Gasteiger partial charge on any atom is -0.463 e. The van der Waals surface area contributed by atoms with Gasteiger partial charge in [-0.2, -0.15) is 9.50 Å². The van der Waals surface area contributed by atoms with E-state index in [4.69, 9.17) is 0 Å². The van der Waals surface area contributed by atoms with Gasteiger partial charge in [-0.15, -0.1) is 16.4 Å². The Morgan fingerprint density at radius 1 is 1.39 bits per heavy atom. The van der Waals surface area contributed by atoms with Crippen LogP contribution in [-0.4, -0.2) is 37.6 Å². The molecule has 90 valence electrons. The molecule has 3 heterocycles. The number of nitrogens with zero attached hydrogens (tertiary/aromatic N) is 5. The number of hydrogen-bond acceptors (Lipinski definition) is 7. The van der Waals surface area contributed by atoms with Gasteiger partial charge in [-0.25, -0.2) is 14.8 Å². The van der Waals surface area contributed by atoms with Crippen LogP contribution < -0.4 is 0 Å². The topological polar surface area (TPSA) is 82.3 Å². The lowest BCUT2D eigenvalue weighted by molar-refractivity contribution is 0.0587. The molecule has 0 N–H and O–H groups in total. The average Bonchev–Trinajstić information content (AvgIpc) is 3.05. The van der Waals surface area contributed by atoms with Gasteiger partial charge in [0.25, 0.3) is 11.6 Å². The van der Waals surface area contributed by atoms with Crippen LogP contribution in [0.5, 0.6) is 0 Å². The number of methoxy groups -OCH3 is 1. The van der Waals surface area contributed by atoms with Crippen LogP contribution in [0.4, 0.5) is 0 Å². The van der Waals surface area contributed by atoms with E-state index in [9.17, 15) is 4.79 Å². The maximum absolute atomic E-state index is 11.4. The zero-order valence-corrected chi connectivity index (χ0v) is 10.1. The summed E-state index contributed by atoms with van der Waals surface area (Å²) < 4.78 is 6.06. The highest BCUT2D eigenvalue weighted by atomic mass is 32.1. The summed E-state index contributed by atoms with van der Waals surface area (Å²) >= 11 is 1.47. The molecule has 0 saturated carbocycles. The predicted molar refractivity (Wildman–Crippen MR) is 63.2 cm³/mol. The van der Waals surface area contributed by atoms with E-state index in [0.717, 1.165) is 10.7 Å². The number of aromatic nitrogens is 5. The summed E-state index contributed by atoms with van der Waals surface area (Å²) in [6.07, 6.45) is 3.30. The van der Waals surface area contributed by atoms with Gasteiger partial charge in [0.1, 0.15) is 10.7 Å². The molecule has 18 heavy (non-hydrogen) atoms. The first kappa shape index (κ1) is 10.8. The molecule has 3 aromatic heterocycles. The molecule has 0 spiro atoms. The van der Waals surface area contributed by atoms with Crippen molar-refractivity contribution in [2.45, 2.75) is 0 Å². The normalized spacial score (nSPS) is 10.7. The van der Waals surface area contributed by atoms with Gasteiger partial charge in [0, 0.05) is 17.8 Å². The number of carbonyl (C=O) groups excluding carboxylic acids is 1. The second kappa shape index (κ2) is 4.15. The summed E-state index contributed by atoms with van der Waals surface area (Å²) in [5.74, 6) is -0.275. The molecule has 0 aliphatic rings. The van der Waals surface area contributed by atoms with Crippen molar-refractivity contribution in [3.63, 3.8) is 0 Å². The number of esters is 1. The third-order valence-electron chi connectivity index (χ3n) is 2.26. The third kappa shape index (κ3) is 1.63. The van der Waals surface area contributed by atoms with Gasteiger partial charge < -0.3 is 4.74 Å². The maximum atomic E-state index is 11.4. The lowest BCUT2D eigenvalue weighted by Crippen LogP contribution is -2.04. The molecule has 0 bridgehead atoms. The molecular formula is C10H7N5O2S. The van der Waals surface area contributed by atoms with Crippen molar-refractivity contribution in [1.82, 2.24) is 24.6 Å². The minimum atomic E-state index is -0.592. The van der Waals surface area contributed by atoms with Gasteiger partial charge in [0.2, 0.25) is 0 Å². The van der Waals surface area contributed by atoms with Gasteiger partial charge >= 0.3 is 5.97 Å². The van der Waals surface area contributed by atoms with Crippen molar-refractivity contribution >= 4 is 23.1 Å². The number of rotatable bonds is 2. The molecule has 0 aliphatic carbocycles. The van der Waals surface area contributed by atoms with Crippen LogP contribution in [0, 0.1) is 0 Å². The lowest BCUT2D eigenvalue weighted by Gasteiger charge is -1.97. The number of carbonyl (C=O) groups is 1. The fourth-order valence-corrected chi connectivity index (χ4v) is 2.13. The van der Waals surface area contributed by atoms with Crippen molar-refractivity contribution in [3.8, 4) is 10.7 Å². The fourth-order valence-electron chi connectivity index (χ4n) is 1.48. The Morgan fingerprint density at radius 3 is 3.00 bits per heavy atom. The summed E-state index contributed by atoms with van der Waals surface area (Å²) in [7, 11) is 1.28. The van der Waals surface area contributed by atoms with E-state index in [0.29, 0.717) is 5.78 Å². The van der Waals surface area contributed by atoms with Crippen molar-refractivity contribution in [2.24, 2.45) is 0 Å². The molecule has 0 aromatic carbocycles. The fraction of sp³-hybridized carbons (Fsp3) is 0.100. The summed E-state index contributed by atoms with van der Waals surface area (Å²) in [4.78, 5) is 23.6. The minimum absolute atomic E-state index is 0.0194. The Bertz CT molecular complexity index is 706. The van der Waals surface area contributed by atoms with Crippen LogP contribution in [0.3, 0.4) is 0 Å². The van der Waals surface area contributed by atoms with Crippen LogP contribution >= 0.6 is 11.3 Å². The molecule has 0 aliphatic heterocycles. The monoisotopic (exact) mass is 261 g/mol. The molecule has 0 atom stereocenters. The Morgan fingerprint density at radius 2 is 2.28 bits per heavy atom. The molecule has 3 rings (SSSR count). The Balaban J connectivity index is 2.22. The summed E-state index contributed by atoms with van der Waals surface area (Å²) in [6.45, 7) is 0. The van der Waals surface area contributed by atoms with Gasteiger partial charge in [0.15, 0.2) is 0 Å². The molecular weight excluding hydrogens is 254 g/mol. The highest BCUT2D eigenvalue weighted by molar-refractivity contribution is 7.13. The quantitative estimate of drug-likeness (QED) is 0.641. The van der Waals surface area contributed by atoms with E-state index in [1.807, 2.05) is 5.38 Å². The zero-order chi connectivity index (χ0) is 12.5. The van der Waals surface area contributed by atoms with Gasteiger partial charge in [0.05, 0.1) is 7.11 Å². The third-order valence-corrected chi connectivity index (χ3v) is 3.06. The van der Waals surface area contributed by atoms with E-state index in [-0.39, 0.29) is 5.82 Å². The number of thiazole rings is 1. The molecule has 8 heteroatoms. The van der Waals surface area contributed by atoms with Gasteiger partial charge in [-0.1, -0.05) is 0 Å². The van der Waals surface area contributed by atoms with Crippen LogP contribution in [-0.2, 0) is 4.74 Å². The molecule has 0 fully saturated rings. The SMILES string of the molecule is COC(=O)c1nc2nccc(-c3nccs3)n2n1. The summed E-state index contributed by atoms with van der Waals surface area (Å²) in [6, 6.07) is 1.77. The highest BCUT2D eigenvalue weighted by Crippen LogP contribution is 2.21. The summed E-state index contributed by atoms with van der Waals surface area (Å²) in [5, 5.41) is 6.72. The van der Waals surface area contributed by atoms with E-state index < -0.39 is 5.97 Å². The van der Waals surface area contributed by atoms with Crippen LogP contribution in [0.25, 0.3) is 16.5 Å². The number of fused-ring (bicyclic) bond motifs is 1. The summed E-state index contributed by atoms with van der Waals surface area (Å²) in [5.41, 5.74) is 0.734. The second-order valence-corrected chi connectivity index (χ2v) is 4.20. The Hall–Kier alpha value is -2.35. The van der Waals surface area contributed by atoms with Crippen molar-refractivity contribution in [3.05, 3.63) is 29.7 Å². The largest absolute Gasteiger partial charge is 0.463 e. The van der Waals surface area contributed by atoms with Crippen LogP contribution in [0.2, 0.25) is 0 Å². The van der Waals surface area contributed by atoms with Crippen molar-refractivity contribution < 1.29 is 9.53 Å². The van der Waals surface area contributed by atoms with E-state index >= 15 is 0 Å². The maximum Gasteiger partial charge on any atom is 0.378 e. The van der Waals surface area contributed by atoms with Crippen LogP contribution in [0.15, 0.2) is 23.8 Å². The van der Waals surface area contributed by atoms with Crippen LogP contribution in [0.1, 0.15) is 10.6 Å². The highest BCUT2D eigenvalue weighted by Gasteiger charge is 2.16.